The molecule has 0 atom stereocenters. The smallest absolute Gasteiger partial charge is 0.227 e. The van der Waals surface area contributed by atoms with Gasteiger partial charge in [0.2, 0.25) is 5.91 Å². The van der Waals surface area contributed by atoms with Crippen molar-refractivity contribution in [2.75, 3.05) is 19.0 Å². The number of rotatable bonds is 8. The van der Waals surface area contributed by atoms with Gasteiger partial charge in [0.1, 0.15) is 5.75 Å². The molecule has 3 rings (SSSR count). The van der Waals surface area contributed by atoms with E-state index >= 15 is 0 Å². The Morgan fingerprint density at radius 1 is 1.10 bits per heavy atom. The lowest BCUT2D eigenvalue weighted by Crippen LogP contribution is -2.36. The van der Waals surface area contributed by atoms with Crippen LogP contribution in [0.15, 0.2) is 53.5 Å². The maximum atomic E-state index is 12.2. The molecule has 0 spiro atoms. The minimum absolute atomic E-state index is 0.130. The quantitative estimate of drug-likeness (QED) is 0.472. The van der Waals surface area contributed by atoms with Crippen LogP contribution < -0.4 is 20.7 Å². The minimum atomic E-state index is 0.130. The van der Waals surface area contributed by atoms with Crippen LogP contribution in [-0.4, -0.2) is 25.5 Å². The summed E-state index contributed by atoms with van der Waals surface area (Å²) in [5, 5.41) is 9.64. The zero-order chi connectivity index (χ0) is 20.5. The molecule has 0 saturated heterocycles. The van der Waals surface area contributed by atoms with E-state index in [1.165, 1.54) is 0 Å². The zero-order valence-electron chi connectivity index (χ0n) is 17.2. The summed E-state index contributed by atoms with van der Waals surface area (Å²) in [6.07, 6.45) is 3.16. The van der Waals surface area contributed by atoms with Crippen molar-refractivity contribution in [3.63, 3.8) is 0 Å². The number of aliphatic imine (C=N–C) groups is 1. The third-order valence-corrected chi connectivity index (χ3v) is 5.03. The summed E-state index contributed by atoms with van der Waals surface area (Å²) >= 11 is 0. The van der Waals surface area contributed by atoms with Crippen molar-refractivity contribution in [1.82, 2.24) is 10.6 Å². The summed E-state index contributed by atoms with van der Waals surface area (Å²) in [6, 6.07) is 15.9. The van der Waals surface area contributed by atoms with Crippen LogP contribution in [0.4, 0.5) is 5.69 Å². The number of methoxy groups -OCH3 is 1. The van der Waals surface area contributed by atoms with Crippen LogP contribution in [0.5, 0.6) is 5.75 Å². The summed E-state index contributed by atoms with van der Waals surface area (Å²) in [5.41, 5.74) is 3.01. The highest BCUT2D eigenvalue weighted by atomic mass is 16.5. The first-order valence-electron chi connectivity index (χ1n) is 10.2. The Labute approximate surface area is 172 Å². The standard InChI is InChI=1S/C23H30N4O2/c1-3-24-23(26-16-18-8-5-12-21(14-18)29-2)25-15-17-7-4-11-20(13-17)27-22(28)19-9-6-10-19/h4-5,7-8,11-14,19H,3,6,9-10,15-16H2,1-2H3,(H,27,28)(H2,24,25,26). The van der Waals surface area contributed by atoms with E-state index in [9.17, 15) is 4.79 Å². The van der Waals surface area contributed by atoms with E-state index in [0.717, 1.165) is 54.3 Å². The monoisotopic (exact) mass is 394 g/mol. The molecule has 0 aromatic heterocycles. The third kappa shape index (κ3) is 6.24. The number of amides is 1. The van der Waals surface area contributed by atoms with Gasteiger partial charge < -0.3 is 20.7 Å². The zero-order valence-corrected chi connectivity index (χ0v) is 17.2. The Morgan fingerprint density at radius 2 is 1.90 bits per heavy atom. The van der Waals surface area contributed by atoms with Crippen LogP contribution in [-0.2, 0) is 17.9 Å². The summed E-state index contributed by atoms with van der Waals surface area (Å²) in [6.45, 7) is 4.00. The molecule has 0 aliphatic heterocycles. The number of ether oxygens (including phenoxy) is 1. The van der Waals surface area contributed by atoms with Crippen molar-refractivity contribution in [3.05, 3.63) is 59.7 Å². The second-order valence-corrected chi connectivity index (χ2v) is 7.22. The average molecular weight is 395 g/mol. The maximum absolute atomic E-state index is 12.2. The predicted octanol–water partition coefficient (Wildman–Crippen LogP) is 3.69. The van der Waals surface area contributed by atoms with E-state index in [0.29, 0.717) is 13.1 Å². The molecule has 1 aliphatic rings. The minimum Gasteiger partial charge on any atom is -0.497 e. The normalized spacial score (nSPS) is 14.1. The topological polar surface area (TPSA) is 74.8 Å². The molecule has 2 aromatic rings. The second kappa shape index (κ2) is 10.5. The summed E-state index contributed by atoms with van der Waals surface area (Å²) in [4.78, 5) is 16.8. The van der Waals surface area contributed by atoms with E-state index < -0.39 is 0 Å². The highest BCUT2D eigenvalue weighted by Crippen LogP contribution is 2.27. The predicted molar refractivity (Wildman–Crippen MR) is 117 cm³/mol. The molecule has 6 nitrogen and oxygen atoms in total. The van der Waals surface area contributed by atoms with Crippen LogP contribution in [0.2, 0.25) is 0 Å². The van der Waals surface area contributed by atoms with Crippen molar-refractivity contribution in [2.24, 2.45) is 10.9 Å². The molecule has 2 aromatic carbocycles. The molecule has 1 amide bonds. The summed E-state index contributed by atoms with van der Waals surface area (Å²) in [7, 11) is 1.67. The van der Waals surface area contributed by atoms with Gasteiger partial charge in [0.15, 0.2) is 5.96 Å². The third-order valence-electron chi connectivity index (χ3n) is 5.03. The van der Waals surface area contributed by atoms with Gasteiger partial charge in [-0.2, -0.15) is 0 Å². The largest absolute Gasteiger partial charge is 0.497 e. The number of carbonyl (C=O) groups is 1. The number of nitrogens with one attached hydrogen (secondary N) is 3. The van der Waals surface area contributed by atoms with Gasteiger partial charge in [-0.15, -0.1) is 0 Å². The lowest BCUT2D eigenvalue weighted by molar-refractivity contribution is -0.122. The van der Waals surface area contributed by atoms with Gasteiger partial charge in [-0.25, -0.2) is 4.99 Å². The van der Waals surface area contributed by atoms with Crippen molar-refractivity contribution in [3.8, 4) is 5.75 Å². The molecule has 1 fully saturated rings. The molecule has 29 heavy (non-hydrogen) atoms. The van der Waals surface area contributed by atoms with Crippen molar-refractivity contribution in [2.45, 2.75) is 39.3 Å². The fourth-order valence-corrected chi connectivity index (χ4v) is 3.14. The van der Waals surface area contributed by atoms with Crippen LogP contribution in [0.25, 0.3) is 0 Å². The van der Waals surface area contributed by atoms with Gasteiger partial charge in [0.05, 0.1) is 13.7 Å². The van der Waals surface area contributed by atoms with E-state index in [1.54, 1.807) is 7.11 Å². The van der Waals surface area contributed by atoms with Crippen molar-refractivity contribution < 1.29 is 9.53 Å². The van der Waals surface area contributed by atoms with Crippen LogP contribution in [0.1, 0.15) is 37.3 Å². The molecule has 1 aliphatic carbocycles. The number of carbonyl (C=O) groups excluding carboxylic acids is 1. The van der Waals surface area contributed by atoms with Crippen LogP contribution >= 0.6 is 0 Å². The van der Waals surface area contributed by atoms with Crippen molar-refractivity contribution in [1.29, 1.82) is 0 Å². The van der Waals surface area contributed by atoms with Gasteiger partial charge in [0, 0.05) is 24.7 Å². The number of nitrogens with zero attached hydrogens (tertiary/aromatic N) is 1. The highest BCUT2D eigenvalue weighted by Gasteiger charge is 2.25. The first-order chi connectivity index (χ1) is 14.2. The number of hydrogen-bond acceptors (Lipinski definition) is 3. The molecule has 0 unspecified atom stereocenters. The van der Waals surface area contributed by atoms with Gasteiger partial charge in [0.25, 0.3) is 0 Å². The first-order valence-corrected chi connectivity index (χ1v) is 10.2. The maximum Gasteiger partial charge on any atom is 0.227 e. The van der Waals surface area contributed by atoms with E-state index in [2.05, 4.69) is 20.9 Å². The Morgan fingerprint density at radius 3 is 2.62 bits per heavy atom. The van der Waals surface area contributed by atoms with E-state index in [-0.39, 0.29) is 11.8 Å². The van der Waals surface area contributed by atoms with Crippen molar-refractivity contribution >= 4 is 17.6 Å². The number of guanidine groups is 1. The lowest BCUT2D eigenvalue weighted by atomic mass is 9.85. The van der Waals surface area contributed by atoms with E-state index in [4.69, 9.17) is 4.74 Å². The molecule has 0 heterocycles. The van der Waals surface area contributed by atoms with Crippen LogP contribution in [0.3, 0.4) is 0 Å². The number of benzene rings is 2. The molecular weight excluding hydrogens is 364 g/mol. The molecule has 0 bridgehead atoms. The number of hydrogen-bond donors (Lipinski definition) is 3. The highest BCUT2D eigenvalue weighted by molar-refractivity contribution is 5.93. The Hall–Kier alpha value is -3.02. The van der Waals surface area contributed by atoms with Gasteiger partial charge in [-0.1, -0.05) is 30.7 Å². The molecule has 6 heteroatoms. The fraction of sp³-hybridized carbons (Fsp3) is 0.391. The van der Waals surface area contributed by atoms with Crippen LogP contribution in [0, 0.1) is 5.92 Å². The Kier molecular flexibility index (Phi) is 7.50. The second-order valence-electron chi connectivity index (χ2n) is 7.22. The molecule has 0 radical (unpaired) electrons. The first kappa shape index (κ1) is 20.7. The molecule has 1 saturated carbocycles. The lowest BCUT2D eigenvalue weighted by Gasteiger charge is -2.24. The molecular formula is C23H30N4O2. The SMILES string of the molecule is CCNC(=NCc1cccc(NC(=O)C2CCC2)c1)NCc1cccc(OC)c1. The Balaban J connectivity index is 1.58. The summed E-state index contributed by atoms with van der Waals surface area (Å²) in [5.74, 6) is 1.90. The van der Waals surface area contributed by atoms with Gasteiger partial charge in [-0.3, -0.25) is 4.79 Å². The van der Waals surface area contributed by atoms with Gasteiger partial charge in [-0.05, 0) is 55.2 Å². The average Bonchev–Trinajstić information content (AvgIpc) is 2.69. The Bertz CT molecular complexity index is 846. The van der Waals surface area contributed by atoms with Gasteiger partial charge >= 0.3 is 0 Å². The molecule has 154 valence electrons. The molecule has 3 N–H and O–H groups in total. The summed E-state index contributed by atoms with van der Waals surface area (Å²) < 4.78 is 5.28. The fourth-order valence-electron chi connectivity index (χ4n) is 3.14. The number of anilines is 1. The van der Waals surface area contributed by atoms with E-state index in [1.807, 2.05) is 55.5 Å².